The fourth-order valence-corrected chi connectivity index (χ4v) is 2.65. The summed E-state index contributed by atoms with van der Waals surface area (Å²) < 4.78 is 3.14. The molecule has 0 atom stereocenters. The Kier molecular flexibility index (Phi) is 4.37. The lowest BCUT2D eigenvalue weighted by molar-refractivity contribution is 0.244. The number of aryl methyl sites for hydroxylation is 1. The van der Waals surface area contributed by atoms with Crippen LogP contribution in [-0.2, 0) is 13.0 Å². The standard InChI is InChI=1S/C11H19BrN4/c1-2-16-11(12)10(9-14-16)3-6-15-7-4-13-5-8-15/h9,13H,2-8H2,1H3. The maximum absolute atomic E-state index is 4.34. The Bertz CT molecular complexity index is 331. The zero-order chi connectivity index (χ0) is 11.4. The van der Waals surface area contributed by atoms with Gasteiger partial charge in [0.05, 0.1) is 6.20 Å². The first-order valence-corrected chi connectivity index (χ1v) is 6.74. The molecule has 1 N–H and O–H groups in total. The highest BCUT2D eigenvalue weighted by Gasteiger charge is 2.11. The first-order chi connectivity index (χ1) is 7.81. The van der Waals surface area contributed by atoms with Crippen molar-refractivity contribution in [1.82, 2.24) is 20.0 Å². The molecule has 1 saturated heterocycles. The third-order valence-electron chi connectivity index (χ3n) is 3.05. The van der Waals surface area contributed by atoms with Crippen LogP contribution in [0.5, 0.6) is 0 Å². The van der Waals surface area contributed by atoms with E-state index in [2.05, 4.69) is 38.2 Å². The van der Waals surface area contributed by atoms with Crippen molar-refractivity contribution in [3.8, 4) is 0 Å². The number of rotatable bonds is 4. The second-order valence-corrected chi connectivity index (χ2v) is 4.87. The maximum Gasteiger partial charge on any atom is 0.107 e. The van der Waals surface area contributed by atoms with E-state index >= 15 is 0 Å². The highest BCUT2D eigenvalue weighted by atomic mass is 79.9. The van der Waals surface area contributed by atoms with Gasteiger partial charge in [-0.2, -0.15) is 5.10 Å². The molecule has 0 bridgehead atoms. The number of nitrogens with zero attached hydrogens (tertiary/aromatic N) is 3. The number of nitrogens with one attached hydrogen (secondary N) is 1. The minimum atomic E-state index is 0.925. The molecule has 90 valence electrons. The SMILES string of the molecule is CCn1ncc(CCN2CCNCC2)c1Br. The van der Waals surface area contributed by atoms with Crippen LogP contribution in [0, 0.1) is 0 Å². The Balaban J connectivity index is 1.86. The summed E-state index contributed by atoms with van der Waals surface area (Å²) in [6, 6.07) is 0. The summed E-state index contributed by atoms with van der Waals surface area (Å²) >= 11 is 3.61. The molecule has 5 heteroatoms. The van der Waals surface area contributed by atoms with E-state index in [0.717, 1.165) is 37.2 Å². The molecule has 1 aromatic heterocycles. The first-order valence-electron chi connectivity index (χ1n) is 5.94. The van der Waals surface area contributed by atoms with Crippen molar-refractivity contribution in [3.63, 3.8) is 0 Å². The van der Waals surface area contributed by atoms with Crippen molar-refractivity contribution in [2.45, 2.75) is 19.9 Å². The van der Waals surface area contributed by atoms with Crippen LogP contribution >= 0.6 is 15.9 Å². The monoisotopic (exact) mass is 286 g/mol. The van der Waals surface area contributed by atoms with E-state index in [1.807, 2.05) is 10.9 Å². The largest absolute Gasteiger partial charge is 0.314 e. The van der Waals surface area contributed by atoms with Crippen LogP contribution in [-0.4, -0.2) is 47.4 Å². The van der Waals surface area contributed by atoms with Crippen LogP contribution in [0.25, 0.3) is 0 Å². The fraction of sp³-hybridized carbons (Fsp3) is 0.727. The van der Waals surface area contributed by atoms with Crippen molar-refractivity contribution in [2.75, 3.05) is 32.7 Å². The molecule has 0 radical (unpaired) electrons. The number of hydrogen-bond donors (Lipinski definition) is 1. The predicted octanol–water partition coefficient (Wildman–Crippen LogP) is 1.11. The highest BCUT2D eigenvalue weighted by molar-refractivity contribution is 9.10. The van der Waals surface area contributed by atoms with Crippen LogP contribution in [0.4, 0.5) is 0 Å². The fourth-order valence-electron chi connectivity index (χ4n) is 2.01. The van der Waals surface area contributed by atoms with E-state index in [-0.39, 0.29) is 0 Å². The van der Waals surface area contributed by atoms with Crippen molar-refractivity contribution < 1.29 is 0 Å². The van der Waals surface area contributed by atoms with E-state index in [1.165, 1.54) is 18.7 Å². The molecule has 1 aliphatic heterocycles. The molecule has 0 saturated carbocycles. The first kappa shape index (κ1) is 12.1. The maximum atomic E-state index is 4.34. The van der Waals surface area contributed by atoms with Crippen molar-refractivity contribution in [3.05, 3.63) is 16.4 Å². The van der Waals surface area contributed by atoms with E-state index in [9.17, 15) is 0 Å². The Morgan fingerprint density at radius 1 is 1.44 bits per heavy atom. The number of aromatic nitrogens is 2. The molecule has 1 aliphatic rings. The van der Waals surface area contributed by atoms with E-state index in [0.29, 0.717) is 0 Å². The van der Waals surface area contributed by atoms with Gasteiger partial charge in [0.1, 0.15) is 4.60 Å². The molecular formula is C11H19BrN4. The third-order valence-corrected chi connectivity index (χ3v) is 3.97. The lowest BCUT2D eigenvalue weighted by Crippen LogP contribution is -2.44. The van der Waals surface area contributed by atoms with Crippen LogP contribution < -0.4 is 5.32 Å². The molecule has 0 spiro atoms. The Labute approximate surface area is 105 Å². The summed E-state index contributed by atoms with van der Waals surface area (Å²) in [5, 5.41) is 7.71. The van der Waals surface area contributed by atoms with Gasteiger partial charge in [-0.05, 0) is 29.3 Å². The van der Waals surface area contributed by atoms with Gasteiger partial charge in [0, 0.05) is 44.8 Å². The Morgan fingerprint density at radius 3 is 2.81 bits per heavy atom. The summed E-state index contributed by atoms with van der Waals surface area (Å²) in [7, 11) is 0. The normalized spacial score (nSPS) is 17.9. The molecule has 2 heterocycles. The van der Waals surface area contributed by atoms with Crippen molar-refractivity contribution in [2.24, 2.45) is 0 Å². The third kappa shape index (κ3) is 2.84. The van der Waals surface area contributed by atoms with Gasteiger partial charge >= 0.3 is 0 Å². The van der Waals surface area contributed by atoms with Gasteiger partial charge in [0.25, 0.3) is 0 Å². The smallest absolute Gasteiger partial charge is 0.107 e. The molecule has 0 amide bonds. The average Bonchev–Trinajstić information content (AvgIpc) is 2.69. The van der Waals surface area contributed by atoms with Gasteiger partial charge < -0.3 is 10.2 Å². The van der Waals surface area contributed by atoms with Gasteiger partial charge in [-0.3, -0.25) is 4.68 Å². The minimum Gasteiger partial charge on any atom is -0.314 e. The molecule has 4 nitrogen and oxygen atoms in total. The second-order valence-electron chi connectivity index (χ2n) is 4.12. The summed E-state index contributed by atoms with van der Waals surface area (Å²) in [5.41, 5.74) is 1.32. The Hall–Kier alpha value is -0.390. The molecule has 16 heavy (non-hydrogen) atoms. The quantitative estimate of drug-likeness (QED) is 0.900. The average molecular weight is 287 g/mol. The number of hydrogen-bond acceptors (Lipinski definition) is 3. The molecule has 0 unspecified atom stereocenters. The van der Waals surface area contributed by atoms with Crippen LogP contribution in [0.15, 0.2) is 10.8 Å². The van der Waals surface area contributed by atoms with Gasteiger partial charge in [-0.15, -0.1) is 0 Å². The summed E-state index contributed by atoms with van der Waals surface area (Å²) in [6.07, 6.45) is 3.07. The number of halogens is 1. The van der Waals surface area contributed by atoms with Gasteiger partial charge in [-0.1, -0.05) is 0 Å². The van der Waals surface area contributed by atoms with E-state index in [4.69, 9.17) is 0 Å². The predicted molar refractivity (Wildman–Crippen MR) is 68.6 cm³/mol. The molecular weight excluding hydrogens is 268 g/mol. The molecule has 0 aromatic carbocycles. The van der Waals surface area contributed by atoms with E-state index < -0.39 is 0 Å². The lowest BCUT2D eigenvalue weighted by Gasteiger charge is -2.26. The molecule has 1 fully saturated rings. The van der Waals surface area contributed by atoms with Crippen molar-refractivity contribution in [1.29, 1.82) is 0 Å². The summed E-state index contributed by atoms with van der Waals surface area (Å²) in [5.74, 6) is 0. The summed E-state index contributed by atoms with van der Waals surface area (Å²) in [4.78, 5) is 2.51. The van der Waals surface area contributed by atoms with E-state index in [1.54, 1.807) is 0 Å². The topological polar surface area (TPSA) is 33.1 Å². The molecule has 0 aliphatic carbocycles. The zero-order valence-corrected chi connectivity index (χ0v) is 11.3. The Morgan fingerprint density at radius 2 is 2.19 bits per heavy atom. The van der Waals surface area contributed by atoms with Gasteiger partial charge in [0.15, 0.2) is 0 Å². The van der Waals surface area contributed by atoms with Gasteiger partial charge in [0.2, 0.25) is 0 Å². The van der Waals surface area contributed by atoms with Crippen LogP contribution in [0.1, 0.15) is 12.5 Å². The summed E-state index contributed by atoms with van der Waals surface area (Å²) in [6.45, 7) is 8.74. The van der Waals surface area contributed by atoms with Gasteiger partial charge in [-0.25, -0.2) is 0 Å². The van der Waals surface area contributed by atoms with Crippen LogP contribution in [0.3, 0.4) is 0 Å². The lowest BCUT2D eigenvalue weighted by atomic mass is 10.2. The second kappa shape index (κ2) is 5.80. The van der Waals surface area contributed by atoms with Crippen molar-refractivity contribution >= 4 is 15.9 Å². The molecule has 2 rings (SSSR count). The molecule has 1 aromatic rings. The number of piperazine rings is 1. The van der Waals surface area contributed by atoms with Crippen LogP contribution in [0.2, 0.25) is 0 Å². The minimum absolute atomic E-state index is 0.925. The highest BCUT2D eigenvalue weighted by Crippen LogP contribution is 2.17. The zero-order valence-electron chi connectivity index (χ0n) is 9.75.